The van der Waals surface area contributed by atoms with Crippen LogP contribution in [0, 0.1) is 0 Å². The van der Waals surface area contributed by atoms with Crippen LogP contribution in [0.15, 0.2) is 42.5 Å². The number of ether oxygens (including phenoxy) is 1. The molecule has 2 rings (SSSR count). The lowest BCUT2D eigenvalue weighted by Crippen LogP contribution is -2.37. The molecule has 0 aromatic heterocycles. The van der Waals surface area contributed by atoms with Crippen molar-refractivity contribution in [3.8, 4) is 5.75 Å². The number of carboxylic acids is 1. The van der Waals surface area contributed by atoms with Crippen LogP contribution in [0.3, 0.4) is 0 Å². The summed E-state index contributed by atoms with van der Waals surface area (Å²) in [5.41, 5.74) is 1.71. The largest absolute Gasteiger partial charge is 0.494 e. The molecule has 2 aromatic rings. The molecule has 0 radical (unpaired) electrons. The summed E-state index contributed by atoms with van der Waals surface area (Å²) in [5.74, 6) is -1.64. The second-order valence-corrected chi connectivity index (χ2v) is 8.60. The van der Waals surface area contributed by atoms with Crippen molar-refractivity contribution >= 4 is 35.1 Å². The van der Waals surface area contributed by atoms with Gasteiger partial charge in [-0.3, -0.25) is 4.79 Å². The Morgan fingerprint density at radius 3 is 2.22 bits per heavy atom. The maximum absolute atomic E-state index is 12.2. The molecule has 0 unspecified atom stereocenters. The number of unbranched alkanes of at least 4 members (excludes halogenated alkanes) is 5. The number of carboxylic acid groups (broad SMARTS) is 1. The molecule has 0 bridgehead atoms. The first-order chi connectivity index (χ1) is 15.4. The van der Waals surface area contributed by atoms with Gasteiger partial charge >= 0.3 is 11.9 Å². The van der Waals surface area contributed by atoms with Crippen LogP contribution in [0.4, 0.5) is 0 Å². The number of carbonyl (C=O) groups is 2. The molecule has 0 fully saturated rings. The van der Waals surface area contributed by atoms with Crippen molar-refractivity contribution in [2.24, 2.45) is 0 Å². The molecule has 32 heavy (non-hydrogen) atoms. The van der Waals surface area contributed by atoms with Crippen LogP contribution in [-0.4, -0.2) is 35.0 Å². The van der Waals surface area contributed by atoms with Crippen molar-refractivity contribution in [1.82, 2.24) is 4.90 Å². The summed E-state index contributed by atoms with van der Waals surface area (Å²) in [6.07, 6.45) is 7.72. The van der Waals surface area contributed by atoms with Crippen LogP contribution in [0.1, 0.15) is 56.6 Å². The van der Waals surface area contributed by atoms with Crippen LogP contribution >= 0.6 is 23.2 Å². The molecule has 0 heterocycles. The van der Waals surface area contributed by atoms with Gasteiger partial charge in [-0.15, -0.1) is 0 Å². The number of amides is 1. The van der Waals surface area contributed by atoms with Gasteiger partial charge in [0.1, 0.15) is 5.75 Å². The SMILES string of the molecule is CCCCCCCCOc1ccc(CN(CCc2ccc(Cl)c(Cl)c2)C(=O)C(=O)O)cc1. The van der Waals surface area contributed by atoms with E-state index in [2.05, 4.69) is 6.92 Å². The fraction of sp³-hybridized carbons (Fsp3) is 0.440. The zero-order chi connectivity index (χ0) is 23.3. The Labute approximate surface area is 200 Å². The van der Waals surface area contributed by atoms with Crippen molar-refractivity contribution in [3.63, 3.8) is 0 Å². The summed E-state index contributed by atoms with van der Waals surface area (Å²) in [7, 11) is 0. The molecule has 1 amide bonds. The molecule has 0 aliphatic rings. The van der Waals surface area contributed by atoms with Gasteiger partial charge in [-0.1, -0.05) is 80.4 Å². The van der Waals surface area contributed by atoms with E-state index in [1.54, 1.807) is 12.1 Å². The summed E-state index contributed by atoms with van der Waals surface area (Å²) in [6.45, 7) is 3.33. The normalized spacial score (nSPS) is 10.7. The second-order valence-electron chi connectivity index (χ2n) is 7.79. The third-order valence-electron chi connectivity index (χ3n) is 5.19. The standard InChI is InChI=1S/C25H31Cl2NO4/c1-2-3-4-5-6-7-16-32-21-11-8-20(9-12-21)18-28(24(29)25(30)31)15-14-19-10-13-22(26)23(27)17-19/h8-13,17H,2-7,14-16,18H2,1H3,(H,30,31). The van der Waals surface area contributed by atoms with Gasteiger partial charge in [0, 0.05) is 13.1 Å². The quantitative estimate of drug-likeness (QED) is 0.267. The van der Waals surface area contributed by atoms with Gasteiger partial charge in [-0.25, -0.2) is 4.79 Å². The second kappa shape index (κ2) is 14.0. The molecule has 0 aliphatic carbocycles. The average molecular weight is 480 g/mol. The molecule has 5 nitrogen and oxygen atoms in total. The van der Waals surface area contributed by atoms with Crippen molar-refractivity contribution in [3.05, 3.63) is 63.6 Å². The van der Waals surface area contributed by atoms with Gasteiger partial charge in [-0.05, 0) is 48.2 Å². The first kappa shape index (κ1) is 26.0. The monoisotopic (exact) mass is 479 g/mol. The summed E-state index contributed by atoms with van der Waals surface area (Å²) in [4.78, 5) is 24.8. The van der Waals surface area contributed by atoms with E-state index >= 15 is 0 Å². The summed E-state index contributed by atoms with van der Waals surface area (Å²) in [5, 5.41) is 10.1. The number of nitrogens with zero attached hydrogens (tertiary/aromatic N) is 1. The molecule has 7 heteroatoms. The smallest absolute Gasteiger partial charge is 0.394 e. The van der Waals surface area contributed by atoms with E-state index in [4.69, 9.17) is 27.9 Å². The van der Waals surface area contributed by atoms with Crippen molar-refractivity contribution in [2.45, 2.75) is 58.4 Å². The molecule has 0 atom stereocenters. The van der Waals surface area contributed by atoms with Crippen LogP contribution in [0.5, 0.6) is 5.75 Å². The number of halogens is 2. The van der Waals surface area contributed by atoms with Gasteiger partial charge in [0.2, 0.25) is 0 Å². The van der Waals surface area contributed by atoms with E-state index in [1.807, 2.05) is 30.3 Å². The van der Waals surface area contributed by atoms with Crippen molar-refractivity contribution in [2.75, 3.05) is 13.2 Å². The first-order valence-corrected chi connectivity index (χ1v) is 11.8. The van der Waals surface area contributed by atoms with Crippen LogP contribution < -0.4 is 4.74 Å². The highest BCUT2D eigenvalue weighted by Crippen LogP contribution is 2.23. The topological polar surface area (TPSA) is 66.8 Å². The van der Waals surface area contributed by atoms with E-state index in [1.165, 1.54) is 37.0 Å². The molecule has 0 spiro atoms. The number of hydrogen-bond acceptors (Lipinski definition) is 3. The van der Waals surface area contributed by atoms with Gasteiger partial charge in [-0.2, -0.15) is 0 Å². The highest BCUT2D eigenvalue weighted by Gasteiger charge is 2.21. The van der Waals surface area contributed by atoms with E-state index < -0.39 is 11.9 Å². The van der Waals surface area contributed by atoms with E-state index in [0.717, 1.165) is 23.3 Å². The highest BCUT2D eigenvalue weighted by atomic mass is 35.5. The number of benzene rings is 2. The average Bonchev–Trinajstić information content (AvgIpc) is 2.78. The molecule has 0 saturated heterocycles. The van der Waals surface area contributed by atoms with Crippen molar-refractivity contribution in [1.29, 1.82) is 0 Å². The Bertz CT molecular complexity index is 871. The molecule has 0 saturated carbocycles. The van der Waals surface area contributed by atoms with Crippen LogP contribution in [0.2, 0.25) is 10.0 Å². The third kappa shape index (κ3) is 9.09. The Balaban J connectivity index is 1.88. The highest BCUT2D eigenvalue weighted by molar-refractivity contribution is 6.42. The zero-order valence-electron chi connectivity index (χ0n) is 18.5. The number of carbonyl (C=O) groups excluding carboxylic acids is 1. The van der Waals surface area contributed by atoms with Crippen molar-refractivity contribution < 1.29 is 19.4 Å². The lowest BCUT2D eigenvalue weighted by atomic mass is 10.1. The molecular weight excluding hydrogens is 449 g/mol. The lowest BCUT2D eigenvalue weighted by molar-refractivity contribution is -0.156. The number of aliphatic carboxylic acids is 1. The van der Waals surface area contributed by atoms with E-state index in [-0.39, 0.29) is 13.1 Å². The Hall–Kier alpha value is -2.24. The summed E-state index contributed by atoms with van der Waals surface area (Å²) in [6, 6.07) is 12.7. The van der Waals surface area contributed by atoms with Crippen LogP contribution in [-0.2, 0) is 22.6 Å². The molecule has 1 N–H and O–H groups in total. The van der Waals surface area contributed by atoms with Gasteiger partial charge < -0.3 is 14.7 Å². The van der Waals surface area contributed by atoms with Gasteiger partial charge in [0.05, 0.1) is 16.7 Å². The van der Waals surface area contributed by atoms with Gasteiger partial charge in [0.15, 0.2) is 0 Å². The van der Waals surface area contributed by atoms with Crippen LogP contribution in [0.25, 0.3) is 0 Å². The Kier molecular flexibility index (Phi) is 11.4. The van der Waals surface area contributed by atoms with Gasteiger partial charge in [0.25, 0.3) is 0 Å². The zero-order valence-corrected chi connectivity index (χ0v) is 20.0. The minimum atomic E-state index is -1.47. The van der Waals surface area contributed by atoms with E-state index in [9.17, 15) is 14.7 Å². The third-order valence-corrected chi connectivity index (χ3v) is 5.93. The Morgan fingerprint density at radius 1 is 0.906 bits per heavy atom. The number of rotatable bonds is 13. The predicted octanol–water partition coefficient (Wildman–Crippen LogP) is 6.39. The summed E-state index contributed by atoms with van der Waals surface area (Å²) < 4.78 is 5.79. The fourth-order valence-corrected chi connectivity index (χ4v) is 3.65. The minimum Gasteiger partial charge on any atom is -0.494 e. The number of hydrogen-bond donors (Lipinski definition) is 1. The summed E-state index contributed by atoms with van der Waals surface area (Å²) >= 11 is 12.0. The molecule has 2 aromatic carbocycles. The maximum Gasteiger partial charge on any atom is 0.394 e. The maximum atomic E-state index is 12.2. The van der Waals surface area contributed by atoms with E-state index in [0.29, 0.717) is 23.1 Å². The molecular formula is C25H31Cl2NO4. The Morgan fingerprint density at radius 2 is 1.56 bits per heavy atom. The lowest BCUT2D eigenvalue weighted by Gasteiger charge is -2.21. The molecule has 174 valence electrons. The first-order valence-electron chi connectivity index (χ1n) is 11.1. The molecule has 0 aliphatic heterocycles. The fourth-order valence-electron chi connectivity index (χ4n) is 3.33. The minimum absolute atomic E-state index is 0.199. The predicted molar refractivity (Wildman–Crippen MR) is 129 cm³/mol.